The predicted molar refractivity (Wildman–Crippen MR) is 148 cm³/mol. The van der Waals surface area contributed by atoms with Gasteiger partial charge in [-0.1, -0.05) is 73.9 Å². The molecule has 38 heavy (non-hydrogen) atoms. The number of amides is 1. The van der Waals surface area contributed by atoms with Crippen molar-refractivity contribution < 1.29 is 24.2 Å². The van der Waals surface area contributed by atoms with E-state index < -0.39 is 17.7 Å². The quantitative estimate of drug-likeness (QED) is 0.145. The first kappa shape index (κ1) is 27.0. The minimum Gasteiger partial charge on any atom is -0.507 e. The third kappa shape index (κ3) is 5.59. The zero-order chi connectivity index (χ0) is 27.2. The van der Waals surface area contributed by atoms with E-state index >= 15 is 0 Å². The molecule has 1 atom stereocenters. The fourth-order valence-electron chi connectivity index (χ4n) is 4.81. The van der Waals surface area contributed by atoms with Crippen LogP contribution in [0.25, 0.3) is 5.76 Å². The Hall–Kier alpha value is -4.06. The van der Waals surface area contributed by atoms with Crippen molar-refractivity contribution in [1.29, 1.82) is 0 Å². The minimum atomic E-state index is -0.793. The molecule has 198 valence electrons. The number of benzene rings is 3. The van der Waals surface area contributed by atoms with E-state index in [1.54, 1.807) is 19.2 Å². The molecule has 0 aliphatic carbocycles. The number of aryl methyl sites for hydroxylation is 2. The van der Waals surface area contributed by atoms with Crippen molar-refractivity contribution in [2.75, 3.05) is 13.7 Å². The summed E-state index contributed by atoms with van der Waals surface area (Å²) in [5.41, 5.74) is 3.90. The number of unbranched alkanes of at least 4 members (excludes halogenated alkanes) is 2. The number of rotatable bonds is 10. The monoisotopic (exact) mass is 513 g/mol. The molecule has 1 fully saturated rings. The third-order valence-corrected chi connectivity index (χ3v) is 6.89. The van der Waals surface area contributed by atoms with Crippen molar-refractivity contribution in [2.24, 2.45) is 0 Å². The van der Waals surface area contributed by atoms with Gasteiger partial charge in [0.1, 0.15) is 5.76 Å². The highest BCUT2D eigenvalue weighted by molar-refractivity contribution is 6.46. The summed E-state index contributed by atoms with van der Waals surface area (Å²) in [6, 6.07) is 19.8. The van der Waals surface area contributed by atoms with Gasteiger partial charge >= 0.3 is 0 Å². The number of Topliss-reactive ketones (excluding diaryl/α,β-unsaturated/α-hetero) is 1. The molecule has 3 aromatic rings. The lowest BCUT2D eigenvalue weighted by Crippen LogP contribution is -2.29. The van der Waals surface area contributed by atoms with Gasteiger partial charge < -0.3 is 19.5 Å². The number of methoxy groups -OCH3 is 1. The molecule has 6 heteroatoms. The Morgan fingerprint density at radius 1 is 0.947 bits per heavy atom. The highest BCUT2D eigenvalue weighted by atomic mass is 16.5. The maximum absolute atomic E-state index is 13.5. The van der Waals surface area contributed by atoms with Crippen LogP contribution >= 0.6 is 0 Å². The molecule has 0 radical (unpaired) electrons. The summed E-state index contributed by atoms with van der Waals surface area (Å²) >= 11 is 0. The minimum absolute atomic E-state index is 0.0679. The van der Waals surface area contributed by atoms with Gasteiger partial charge in [-0.2, -0.15) is 0 Å². The Morgan fingerprint density at radius 3 is 2.42 bits per heavy atom. The molecule has 6 nitrogen and oxygen atoms in total. The number of aliphatic hydroxyl groups is 1. The van der Waals surface area contributed by atoms with Gasteiger partial charge in [-0.15, -0.1) is 0 Å². The molecule has 1 aliphatic heterocycles. The number of nitrogens with zero attached hydrogens (tertiary/aromatic N) is 1. The van der Waals surface area contributed by atoms with Crippen molar-refractivity contribution in [3.63, 3.8) is 0 Å². The van der Waals surface area contributed by atoms with Crippen LogP contribution in [-0.2, 0) is 16.1 Å². The average molecular weight is 514 g/mol. The van der Waals surface area contributed by atoms with Crippen LogP contribution in [0.3, 0.4) is 0 Å². The Bertz CT molecular complexity index is 1350. The van der Waals surface area contributed by atoms with E-state index in [9.17, 15) is 14.7 Å². The zero-order valence-electron chi connectivity index (χ0n) is 22.5. The van der Waals surface area contributed by atoms with Crippen molar-refractivity contribution >= 4 is 17.4 Å². The maximum Gasteiger partial charge on any atom is 0.295 e. The second-order valence-electron chi connectivity index (χ2n) is 9.70. The molecule has 0 spiro atoms. The molecular weight excluding hydrogens is 478 g/mol. The number of ether oxygens (including phenoxy) is 2. The zero-order valence-corrected chi connectivity index (χ0v) is 22.5. The molecule has 1 saturated heterocycles. The van der Waals surface area contributed by atoms with Crippen molar-refractivity contribution in [1.82, 2.24) is 4.90 Å². The summed E-state index contributed by atoms with van der Waals surface area (Å²) < 4.78 is 11.6. The van der Waals surface area contributed by atoms with Gasteiger partial charge in [0.15, 0.2) is 11.5 Å². The van der Waals surface area contributed by atoms with Crippen LogP contribution in [0, 0.1) is 13.8 Å². The Morgan fingerprint density at radius 2 is 1.71 bits per heavy atom. The van der Waals surface area contributed by atoms with E-state index in [2.05, 4.69) is 6.92 Å². The van der Waals surface area contributed by atoms with Crippen LogP contribution < -0.4 is 9.47 Å². The number of ketones is 1. The summed E-state index contributed by atoms with van der Waals surface area (Å²) in [6.07, 6.45) is 3.11. The number of hydrogen-bond donors (Lipinski definition) is 1. The Labute approximate surface area is 224 Å². The molecule has 1 N–H and O–H groups in total. The van der Waals surface area contributed by atoms with Crippen molar-refractivity contribution in [2.45, 2.75) is 52.6 Å². The predicted octanol–water partition coefficient (Wildman–Crippen LogP) is 6.50. The van der Waals surface area contributed by atoms with Gasteiger partial charge in [0.25, 0.3) is 11.7 Å². The topological polar surface area (TPSA) is 76.1 Å². The Balaban J connectivity index is 1.83. The fourth-order valence-corrected chi connectivity index (χ4v) is 4.81. The van der Waals surface area contributed by atoms with Crippen LogP contribution in [0.5, 0.6) is 11.5 Å². The third-order valence-electron chi connectivity index (χ3n) is 6.89. The number of carbonyl (C=O) groups excluding carboxylic acids is 2. The van der Waals surface area contributed by atoms with Crippen molar-refractivity contribution in [3.8, 4) is 11.5 Å². The fraction of sp³-hybridized carbons (Fsp3) is 0.312. The first-order valence-electron chi connectivity index (χ1n) is 13.1. The van der Waals surface area contributed by atoms with Crippen LogP contribution in [0.1, 0.15) is 60.0 Å². The van der Waals surface area contributed by atoms with E-state index in [1.165, 1.54) is 4.90 Å². The van der Waals surface area contributed by atoms with Gasteiger partial charge in [0.05, 0.1) is 25.3 Å². The van der Waals surface area contributed by atoms with E-state index in [4.69, 9.17) is 9.47 Å². The van der Waals surface area contributed by atoms with E-state index in [-0.39, 0.29) is 17.9 Å². The molecule has 0 saturated carbocycles. The van der Waals surface area contributed by atoms with Crippen LogP contribution in [0.4, 0.5) is 0 Å². The summed E-state index contributed by atoms with van der Waals surface area (Å²) in [7, 11) is 1.56. The second-order valence-corrected chi connectivity index (χ2v) is 9.70. The lowest BCUT2D eigenvalue weighted by Gasteiger charge is -2.26. The summed E-state index contributed by atoms with van der Waals surface area (Å²) in [5, 5.41) is 11.5. The summed E-state index contributed by atoms with van der Waals surface area (Å²) in [5.74, 6) is -0.422. The summed E-state index contributed by atoms with van der Waals surface area (Å²) in [4.78, 5) is 28.4. The number of likely N-dealkylation sites (tertiary alicyclic amines) is 1. The number of hydrogen-bond acceptors (Lipinski definition) is 5. The standard InChI is InChI=1S/C32H35NO5/c1-5-6-10-17-38-26-16-15-24(19-27(26)37-4)29-28(30(34)25-18-21(2)13-14-22(25)3)31(35)32(36)33(29)20-23-11-8-7-9-12-23/h7-9,11-16,18-19,29,34H,5-6,10,17,20H2,1-4H3/b30-28+. The SMILES string of the molecule is CCCCCOc1ccc(C2/C(=C(\O)c3cc(C)ccc3C)C(=O)C(=O)N2Cc2ccccc2)cc1OC. The lowest BCUT2D eigenvalue weighted by atomic mass is 9.93. The average Bonchev–Trinajstić information content (AvgIpc) is 3.17. The molecule has 0 aromatic heterocycles. The van der Waals surface area contributed by atoms with Crippen molar-refractivity contribution in [3.05, 3.63) is 100 Å². The van der Waals surface area contributed by atoms with Gasteiger partial charge in [-0.25, -0.2) is 0 Å². The Kier molecular flexibility index (Phi) is 8.52. The molecule has 1 aliphatic rings. The van der Waals surface area contributed by atoms with Crippen LogP contribution in [0.15, 0.2) is 72.3 Å². The van der Waals surface area contributed by atoms with Crippen LogP contribution in [-0.4, -0.2) is 35.4 Å². The normalized spacial score (nSPS) is 16.6. The first-order valence-corrected chi connectivity index (χ1v) is 13.1. The lowest BCUT2D eigenvalue weighted by molar-refractivity contribution is -0.140. The van der Waals surface area contributed by atoms with Gasteiger partial charge in [-0.05, 0) is 55.2 Å². The van der Waals surface area contributed by atoms with Gasteiger partial charge in [-0.3, -0.25) is 9.59 Å². The maximum atomic E-state index is 13.5. The second kappa shape index (κ2) is 12.0. The van der Waals surface area contributed by atoms with Crippen LogP contribution in [0.2, 0.25) is 0 Å². The highest BCUT2D eigenvalue weighted by Gasteiger charge is 2.46. The summed E-state index contributed by atoms with van der Waals surface area (Å²) in [6.45, 7) is 6.72. The molecule has 0 bridgehead atoms. The van der Waals surface area contributed by atoms with E-state index in [0.717, 1.165) is 36.0 Å². The number of carbonyl (C=O) groups is 2. The van der Waals surface area contributed by atoms with E-state index in [1.807, 2.05) is 68.4 Å². The number of aliphatic hydroxyl groups excluding tert-OH is 1. The van der Waals surface area contributed by atoms with Gasteiger partial charge in [0, 0.05) is 12.1 Å². The molecule has 1 amide bonds. The molecule has 1 unspecified atom stereocenters. The highest BCUT2D eigenvalue weighted by Crippen LogP contribution is 2.43. The molecular formula is C32H35NO5. The molecule has 1 heterocycles. The van der Waals surface area contributed by atoms with Gasteiger partial charge in [0.2, 0.25) is 0 Å². The first-order chi connectivity index (χ1) is 18.3. The largest absolute Gasteiger partial charge is 0.507 e. The van der Waals surface area contributed by atoms with E-state index in [0.29, 0.717) is 29.2 Å². The molecule has 4 rings (SSSR count). The molecule has 3 aromatic carbocycles. The smallest absolute Gasteiger partial charge is 0.295 e.